The highest BCUT2D eigenvalue weighted by atomic mass is 32.2. The van der Waals surface area contributed by atoms with Crippen molar-refractivity contribution in [2.45, 2.75) is 30.9 Å². The van der Waals surface area contributed by atoms with E-state index in [4.69, 9.17) is 0 Å². The maximum Gasteiger partial charge on any atom is 0.240 e. The van der Waals surface area contributed by atoms with Gasteiger partial charge in [-0.2, -0.15) is 5.10 Å². The molecule has 152 valence electrons. The van der Waals surface area contributed by atoms with E-state index < -0.39 is 11.6 Å². The first-order valence-electron chi connectivity index (χ1n) is 9.75. The van der Waals surface area contributed by atoms with Crippen molar-refractivity contribution in [1.82, 2.24) is 10.7 Å². The van der Waals surface area contributed by atoms with E-state index in [9.17, 15) is 13.6 Å². The second kappa shape index (κ2) is 8.24. The highest BCUT2D eigenvalue weighted by Gasteiger charge is 2.37. The van der Waals surface area contributed by atoms with E-state index in [0.717, 1.165) is 44.1 Å². The molecule has 1 aliphatic heterocycles. The molecule has 0 radical (unpaired) electrons. The Kier molecular flexibility index (Phi) is 5.69. The molecule has 0 bridgehead atoms. The van der Waals surface area contributed by atoms with Gasteiger partial charge in [-0.25, -0.2) is 14.2 Å². The minimum absolute atomic E-state index is 0.0613. The van der Waals surface area contributed by atoms with Gasteiger partial charge >= 0.3 is 0 Å². The Hall–Kier alpha value is -2.25. The van der Waals surface area contributed by atoms with Gasteiger partial charge < -0.3 is 5.32 Å². The molecule has 1 aliphatic carbocycles. The second-order valence-electron chi connectivity index (χ2n) is 7.79. The molecule has 4 rings (SSSR count). The summed E-state index contributed by atoms with van der Waals surface area (Å²) >= 11 is 1.37. The monoisotopic (exact) mass is 415 g/mol. The van der Waals surface area contributed by atoms with Crippen molar-refractivity contribution in [2.75, 3.05) is 13.1 Å². The number of benzene rings is 2. The van der Waals surface area contributed by atoms with Crippen LogP contribution in [0.25, 0.3) is 0 Å². The fourth-order valence-electron chi connectivity index (χ4n) is 3.79. The van der Waals surface area contributed by atoms with E-state index in [1.807, 2.05) is 12.1 Å². The Morgan fingerprint density at radius 3 is 2.83 bits per heavy atom. The number of nitrogens with zero attached hydrogens (tertiary/aromatic N) is 1. The Labute approximate surface area is 173 Å². The molecule has 1 heterocycles. The fourth-order valence-corrected chi connectivity index (χ4v) is 5.09. The van der Waals surface area contributed by atoms with E-state index in [1.54, 1.807) is 0 Å². The third kappa shape index (κ3) is 4.36. The maximum atomic E-state index is 14.5. The van der Waals surface area contributed by atoms with Crippen molar-refractivity contribution in [2.24, 2.45) is 11.0 Å². The van der Waals surface area contributed by atoms with Crippen LogP contribution in [0.5, 0.6) is 0 Å². The highest BCUT2D eigenvalue weighted by molar-refractivity contribution is 8.15. The molecule has 7 heteroatoms. The zero-order valence-corrected chi connectivity index (χ0v) is 17.0. The van der Waals surface area contributed by atoms with Crippen LogP contribution in [-0.4, -0.2) is 24.0 Å². The molecular formula is C22H23F2N3OS. The summed E-state index contributed by atoms with van der Waals surface area (Å²) in [6.07, 6.45) is 2.13. The minimum Gasteiger partial charge on any atom is -0.316 e. The normalized spacial score (nSPS) is 21.6. The predicted molar refractivity (Wildman–Crippen MR) is 112 cm³/mol. The van der Waals surface area contributed by atoms with Gasteiger partial charge in [0.25, 0.3) is 0 Å². The van der Waals surface area contributed by atoms with Crippen molar-refractivity contribution in [3.8, 4) is 0 Å². The van der Waals surface area contributed by atoms with Gasteiger partial charge in [-0.3, -0.25) is 4.79 Å². The van der Waals surface area contributed by atoms with Crippen molar-refractivity contribution in [3.63, 3.8) is 0 Å². The number of hydrogen-bond donors (Lipinski definition) is 2. The van der Waals surface area contributed by atoms with E-state index in [2.05, 4.69) is 34.9 Å². The molecule has 1 atom stereocenters. The number of aryl methyl sites for hydroxylation is 1. The number of rotatable bonds is 5. The van der Waals surface area contributed by atoms with Crippen molar-refractivity contribution < 1.29 is 13.6 Å². The first kappa shape index (κ1) is 20.0. The summed E-state index contributed by atoms with van der Waals surface area (Å²) in [4.78, 5) is 12.2. The van der Waals surface area contributed by atoms with Crippen molar-refractivity contribution in [3.05, 3.63) is 70.8 Å². The quantitative estimate of drug-likeness (QED) is 0.442. The zero-order chi connectivity index (χ0) is 20.4. The average Bonchev–Trinajstić information content (AvgIpc) is 3.01. The van der Waals surface area contributed by atoms with Gasteiger partial charge in [0.15, 0.2) is 0 Å². The summed E-state index contributed by atoms with van der Waals surface area (Å²) in [5.41, 5.74) is 5.04. The number of carbonyl (C=O) groups excluding carboxylic acids is 1. The number of thioether (sulfide) groups is 1. The molecule has 2 aliphatic rings. The smallest absolute Gasteiger partial charge is 0.240 e. The second-order valence-corrected chi connectivity index (χ2v) is 9.29. The number of fused-ring (bicyclic) bond motifs is 1. The van der Waals surface area contributed by atoms with Crippen LogP contribution in [0.2, 0.25) is 0 Å². The number of hydrazone groups is 1. The third-order valence-electron chi connectivity index (χ3n) is 5.56. The van der Waals surface area contributed by atoms with E-state index in [1.165, 1.54) is 22.9 Å². The molecule has 1 unspecified atom stereocenters. The molecular weight excluding hydrogens is 392 g/mol. The summed E-state index contributed by atoms with van der Waals surface area (Å²) in [6, 6.07) is 11.5. The number of nitrogens with one attached hydrogen (secondary N) is 2. The lowest BCUT2D eigenvalue weighted by molar-refractivity contribution is -0.122. The summed E-state index contributed by atoms with van der Waals surface area (Å²) < 4.78 is 28.0. The molecule has 2 N–H and O–H groups in total. The lowest BCUT2D eigenvalue weighted by Crippen LogP contribution is -2.44. The van der Waals surface area contributed by atoms with Crippen molar-refractivity contribution >= 4 is 22.7 Å². The van der Waals surface area contributed by atoms with Gasteiger partial charge in [-0.05, 0) is 68.1 Å². The summed E-state index contributed by atoms with van der Waals surface area (Å²) in [7, 11) is 0. The predicted octanol–water partition coefficient (Wildman–Crippen LogP) is 3.95. The molecule has 1 fully saturated rings. The first-order chi connectivity index (χ1) is 13.9. The summed E-state index contributed by atoms with van der Waals surface area (Å²) in [6.45, 7) is 3.70. The third-order valence-corrected chi connectivity index (χ3v) is 6.94. The van der Waals surface area contributed by atoms with Crippen LogP contribution in [0.4, 0.5) is 8.78 Å². The Balaban J connectivity index is 1.62. The van der Waals surface area contributed by atoms with Crippen LogP contribution in [0, 0.1) is 17.6 Å². The number of amides is 1. The molecule has 0 spiro atoms. The Bertz CT molecular complexity index is 961. The van der Waals surface area contributed by atoms with E-state index >= 15 is 0 Å². The van der Waals surface area contributed by atoms with Crippen LogP contribution in [0.1, 0.15) is 36.5 Å². The number of hydrogen-bond acceptors (Lipinski definition) is 4. The van der Waals surface area contributed by atoms with Crippen LogP contribution >= 0.6 is 11.8 Å². The molecule has 2 aromatic carbocycles. The lowest BCUT2D eigenvalue weighted by Gasteiger charge is -2.27. The maximum absolute atomic E-state index is 14.5. The standard InChI is InChI=1S/C22H23F2N3OS/c1-22(9-8-15-4-2-3-5-18(15)22)29-21(17-11-16(23)6-7-19(17)24)27-26-20(28)10-14-12-25-13-14/h2-7,11,14,25H,8-10,12-13H2,1H3,(H,26,28)/b27-21-. The number of halogens is 2. The van der Waals surface area contributed by atoms with Crippen LogP contribution < -0.4 is 10.7 Å². The van der Waals surface area contributed by atoms with E-state index in [-0.39, 0.29) is 21.3 Å². The van der Waals surface area contributed by atoms with Gasteiger partial charge in [0.1, 0.15) is 16.7 Å². The Morgan fingerprint density at radius 1 is 1.28 bits per heavy atom. The largest absolute Gasteiger partial charge is 0.316 e. The fraction of sp³-hybridized carbons (Fsp3) is 0.364. The van der Waals surface area contributed by atoms with Gasteiger partial charge in [-0.15, -0.1) is 0 Å². The topological polar surface area (TPSA) is 53.5 Å². The van der Waals surface area contributed by atoms with Crippen LogP contribution in [-0.2, 0) is 16.0 Å². The highest BCUT2D eigenvalue weighted by Crippen LogP contribution is 2.48. The minimum atomic E-state index is -0.565. The number of carbonyl (C=O) groups is 1. The molecule has 1 saturated heterocycles. The summed E-state index contributed by atoms with van der Waals surface area (Å²) in [5, 5.41) is 7.64. The lowest BCUT2D eigenvalue weighted by atomic mass is 9.99. The van der Waals surface area contributed by atoms with Crippen molar-refractivity contribution in [1.29, 1.82) is 0 Å². The zero-order valence-electron chi connectivity index (χ0n) is 16.2. The molecule has 29 heavy (non-hydrogen) atoms. The van der Waals surface area contributed by atoms with Gasteiger partial charge in [-0.1, -0.05) is 36.0 Å². The van der Waals surface area contributed by atoms with E-state index in [0.29, 0.717) is 12.3 Å². The molecule has 2 aromatic rings. The van der Waals surface area contributed by atoms with Gasteiger partial charge in [0.2, 0.25) is 5.91 Å². The molecule has 0 saturated carbocycles. The molecule has 1 amide bonds. The molecule has 0 aromatic heterocycles. The van der Waals surface area contributed by atoms with Crippen LogP contribution in [0.3, 0.4) is 0 Å². The summed E-state index contributed by atoms with van der Waals surface area (Å²) in [5.74, 6) is -1.03. The molecule has 4 nitrogen and oxygen atoms in total. The SMILES string of the molecule is CC1(S/C(=N\NC(=O)CC2CNC2)c2cc(F)ccc2F)CCc2ccccc21. The Morgan fingerprint density at radius 2 is 2.07 bits per heavy atom. The van der Waals surface area contributed by atoms with Crippen LogP contribution in [0.15, 0.2) is 47.6 Å². The van der Waals surface area contributed by atoms with Gasteiger partial charge in [0, 0.05) is 16.7 Å². The van der Waals surface area contributed by atoms with Gasteiger partial charge in [0.05, 0.1) is 0 Å². The average molecular weight is 416 g/mol. The first-order valence-corrected chi connectivity index (χ1v) is 10.6.